The Morgan fingerprint density at radius 2 is 1.71 bits per heavy atom. The molecule has 2 aliphatic carbocycles. The summed E-state index contributed by atoms with van der Waals surface area (Å²) in [4.78, 5) is 36.7. The second kappa shape index (κ2) is 11.6. The fourth-order valence-electron chi connectivity index (χ4n) is 5.23. The van der Waals surface area contributed by atoms with Crippen molar-refractivity contribution in [2.75, 3.05) is 18.6 Å². The summed E-state index contributed by atoms with van der Waals surface area (Å²) in [6, 6.07) is 15.5. The molecular weight excluding hydrogens is 464 g/mol. The van der Waals surface area contributed by atoms with Crippen molar-refractivity contribution in [2.45, 2.75) is 50.1 Å². The van der Waals surface area contributed by atoms with Crippen molar-refractivity contribution in [2.24, 2.45) is 5.92 Å². The van der Waals surface area contributed by atoms with Crippen molar-refractivity contribution in [1.29, 1.82) is 0 Å². The number of carboxylic acid groups (broad SMARTS) is 1. The normalized spacial score (nSPS) is 19.5. The summed E-state index contributed by atoms with van der Waals surface area (Å²) in [7, 11) is 0. The SMILES string of the molecule is CSCC[C@@H](NC(=O)OCC1c2ccccc2-c2ccccc21)C(=O)NC1CCC(CC(=O)O)C1. The summed E-state index contributed by atoms with van der Waals surface area (Å²) in [5.74, 6) is -0.298. The lowest BCUT2D eigenvalue weighted by Gasteiger charge is -2.21. The van der Waals surface area contributed by atoms with Gasteiger partial charge < -0.3 is 20.5 Å². The lowest BCUT2D eigenvalue weighted by atomic mass is 9.98. The molecule has 1 fully saturated rings. The molecule has 2 aromatic rings. The molecule has 2 aromatic carbocycles. The Balaban J connectivity index is 1.34. The van der Waals surface area contributed by atoms with Crippen LogP contribution in [-0.2, 0) is 14.3 Å². The van der Waals surface area contributed by atoms with Crippen LogP contribution in [0.4, 0.5) is 4.79 Å². The van der Waals surface area contributed by atoms with Gasteiger partial charge in [0.15, 0.2) is 0 Å². The molecule has 3 N–H and O–H groups in total. The molecular formula is C27H32N2O5S. The van der Waals surface area contributed by atoms with Gasteiger partial charge in [0.05, 0.1) is 0 Å². The Bertz CT molecular complexity index is 1030. The molecule has 0 aliphatic heterocycles. The van der Waals surface area contributed by atoms with E-state index in [1.54, 1.807) is 11.8 Å². The first-order valence-corrected chi connectivity index (χ1v) is 13.5. The molecule has 3 atom stereocenters. The van der Waals surface area contributed by atoms with E-state index in [1.165, 1.54) is 0 Å². The van der Waals surface area contributed by atoms with Crippen LogP contribution in [0.5, 0.6) is 0 Å². The molecule has 0 aromatic heterocycles. The molecule has 0 saturated heterocycles. The minimum atomic E-state index is -0.809. The van der Waals surface area contributed by atoms with Crippen LogP contribution in [0.1, 0.15) is 49.1 Å². The summed E-state index contributed by atoms with van der Waals surface area (Å²) in [5.41, 5.74) is 4.59. The first-order valence-electron chi connectivity index (χ1n) is 12.1. The van der Waals surface area contributed by atoms with E-state index in [1.807, 2.05) is 30.5 Å². The van der Waals surface area contributed by atoms with Crippen molar-refractivity contribution in [3.05, 3.63) is 59.7 Å². The van der Waals surface area contributed by atoms with Crippen LogP contribution in [0.15, 0.2) is 48.5 Å². The van der Waals surface area contributed by atoms with Crippen molar-refractivity contribution >= 4 is 29.7 Å². The topological polar surface area (TPSA) is 105 Å². The van der Waals surface area contributed by atoms with Gasteiger partial charge in [0.2, 0.25) is 5.91 Å². The van der Waals surface area contributed by atoms with E-state index < -0.39 is 18.1 Å². The monoisotopic (exact) mass is 496 g/mol. The number of hydrogen-bond donors (Lipinski definition) is 3. The van der Waals surface area contributed by atoms with E-state index in [0.717, 1.165) is 35.1 Å². The van der Waals surface area contributed by atoms with Crippen LogP contribution in [-0.4, -0.2) is 53.8 Å². The Kier molecular flexibility index (Phi) is 8.33. The number of hydrogen-bond acceptors (Lipinski definition) is 5. The zero-order valence-corrected chi connectivity index (χ0v) is 20.7. The number of alkyl carbamates (subject to hydrolysis) is 1. The number of carbonyl (C=O) groups excluding carboxylic acids is 2. The van der Waals surface area contributed by atoms with Gasteiger partial charge in [0.25, 0.3) is 0 Å². The van der Waals surface area contributed by atoms with Crippen LogP contribution < -0.4 is 10.6 Å². The minimum absolute atomic E-state index is 0.0451. The fourth-order valence-corrected chi connectivity index (χ4v) is 5.70. The predicted molar refractivity (Wildman–Crippen MR) is 137 cm³/mol. The number of carboxylic acids is 1. The standard InChI is InChI=1S/C27H32N2O5S/c1-35-13-12-24(26(32)28-18-11-10-17(14-18)15-25(30)31)29-27(33)34-16-23-21-8-4-2-6-19(21)20-7-3-5-9-22(20)23/h2-9,17-18,23-24H,10-16H2,1H3,(H,28,32)(H,29,33)(H,30,31)/t17?,18?,24-/m1/s1. The van der Waals surface area contributed by atoms with Crippen LogP contribution in [0, 0.1) is 5.92 Å². The van der Waals surface area contributed by atoms with E-state index in [2.05, 4.69) is 34.9 Å². The van der Waals surface area contributed by atoms with Crippen molar-refractivity contribution in [3.63, 3.8) is 0 Å². The zero-order valence-electron chi connectivity index (χ0n) is 19.9. The number of nitrogens with one attached hydrogen (secondary N) is 2. The molecule has 2 unspecified atom stereocenters. The Morgan fingerprint density at radius 1 is 1.06 bits per heavy atom. The van der Waals surface area contributed by atoms with Crippen LogP contribution in [0.25, 0.3) is 11.1 Å². The fraction of sp³-hybridized carbons (Fsp3) is 0.444. The molecule has 0 heterocycles. The molecule has 1 saturated carbocycles. The first kappa shape index (κ1) is 25.1. The van der Waals surface area contributed by atoms with E-state index in [-0.39, 0.29) is 36.8 Å². The molecule has 2 amide bonds. The second-order valence-electron chi connectivity index (χ2n) is 9.29. The van der Waals surface area contributed by atoms with Gasteiger partial charge in [-0.15, -0.1) is 0 Å². The first-order chi connectivity index (χ1) is 17.0. The van der Waals surface area contributed by atoms with Crippen LogP contribution >= 0.6 is 11.8 Å². The highest BCUT2D eigenvalue weighted by Gasteiger charge is 2.32. The summed E-state index contributed by atoms with van der Waals surface area (Å²) in [6.45, 7) is 0.191. The van der Waals surface area contributed by atoms with Gasteiger partial charge >= 0.3 is 12.1 Å². The minimum Gasteiger partial charge on any atom is -0.481 e. The van der Waals surface area contributed by atoms with Gasteiger partial charge in [0.1, 0.15) is 12.6 Å². The quantitative estimate of drug-likeness (QED) is 0.450. The third-order valence-electron chi connectivity index (χ3n) is 6.91. The highest BCUT2D eigenvalue weighted by Crippen LogP contribution is 2.44. The Labute approximate surface area is 210 Å². The third kappa shape index (κ3) is 6.17. The summed E-state index contributed by atoms with van der Waals surface area (Å²) < 4.78 is 5.63. The molecule has 7 nitrogen and oxygen atoms in total. The van der Waals surface area contributed by atoms with Crippen LogP contribution in [0.3, 0.4) is 0 Å². The van der Waals surface area contributed by atoms with Gasteiger partial charge in [-0.2, -0.15) is 11.8 Å². The average Bonchev–Trinajstić information content (AvgIpc) is 3.41. The highest BCUT2D eigenvalue weighted by molar-refractivity contribution is 7.98. The van der Waals surface area contributed by atoms with E-state index in [0.29, 0.717) is 18.6 Å². The van der Waals surface area contributed by atoms with E-state index in [4.69, 9.17) is 9.84 Å². The number of carbonyl (C=O) groups is 3. The molecule has 186 valence electrons. The largest absolute Gasteiger partial charge is 0.481 e. The number of fused-ring (bicyclic) bond motifs is 3. The summed E-state index contributed by atoms with van der Waals surface area (Å²) >= 11 is 1.61. The van der Waals surface area contributed by atoms with Crippen molar-refractivity contribution in [3.8, 4) is 11.1 Å². The number of thioether (sulfide) groups is 1. The lowest BCUT2D eigenvalue weighted by Crippen LogP contribution is -2.49. The van der Waals surface area contributed by atoms with Gasteiger partial charge in [0, 0.05) is 18.4 Å². The maximum atomic E-state index is 13.0. The molecule has 0 radical (unpaired) electrons. The van der Waals surface area contributed by atoms with E-state index >= 15 is 0 Å². The second-order valence-corrected chi connectivity index (χ2v) is 10.3. The molecule has 0 spiro atoms. The number of ether oxygens (including phenoxy) is 1. The molecule has 35 heavy (non-hydrogen) atoms. The number of aliphatic carboxylic acids is 1. The lowest BCUT2D eigenvalue weighted by molar-refractivity contribution is -0.138. The maximum Gasteiger partial charge on any atom is 0.407 e. The summed E-state index contributed by atoms with van der Waals surface area (Å²) in [6.07, 6.45) is 4.15. The predicted octanol–water partition coefficient (Wildman–Crippen LogP) is 4.41. The molecule has 2 aliphatic rings. The molecule has 8 heteroatoms. The van der Waals surface area contributed by atoms with Gasteiger partial charge in [-0.25, -0.2) is 4.79 Å². The van der Waals surface area contributed by atoms with Crippen LogP contribution in [0.2, 0.25) is 0 Å². The number of amides is 2. The average molecular weight is 497 g/mol. The van der Waals surface area contributed by atoms with E-state index in [9.17, 15) is 14.4 Å². The van der Waals surface area contributed by atoms with Crippen molar-refractivity contribution < 1.29 is 24.2 Å². The smallest absolute Gasteiger partial charge is 0.407 e. The Morgan fingerprint density at radius 3 is 2.34 bits per heavy atom. The number of benzene rings is 2. The number of rotatable bonds is 10. The third-order valence-corrected chi connectivity index (χ3v) is 7.56. The molecule has 0 bridgehead atoms. The van der Waals surface area contributed by atoms with Gasteiger partial charge in [-0.1, -0.05) is 48.5 Å². The highest BCUT2D eigenvalue weighted by atomic mass is 32.2. The zero-order chi connectivity index (χ0) is 24.8. The van der Waals surface area contributed by atoms with Gasteiger partial charge in [-0.05, 0) is 65.9 Å². The molecule has 4 rings (SSSR count). The Hall–Kier alpha value is -3.00. The van der Waals surface area contributed by atoms with Crippen molar-refractivity contribution in [1.82, 2.24) is 10.6 Å². The maximum absolute atomic E-state index is 13.0. The summed E-state index contributed by atoms with van der Waals surface area (Å²) in [5, 5.41) is 14.8. The van der Waals surface area contributed by atoms with Gasteiger partial charge in [-0.3, -0.25) is 9.59 Å².